The molecule has 0 radical (unpaired) electrons. The fraction of sp³-hybridized carbons (Fsp3) is 0.722. The van der Waals surface area contributed by atoms with E-state index in [1.165, 1.54) is 0 Å². The van der Waals surface area contributed by atoms with Gasteiger partial charge >= 0.3 is 0 Å². The quantitative estimate of drug-likeness (QED) is 0.864. The van der Waals surface area contributed by atoms with Gasteiger partial charge in [-0.1, -0.05) is 6.92 Å². The molecule has 2 fully saturated rings. The highest BCUT2D eigenvalue weighted by Gasteiger charge is 2.31. The number of nitrogens with zero attached hydrogens (tertiary/aromatic N) is 4. The van der Waals surface area contributed by atoms with Crippen LogP contribution < -0.4 is 5.32 Å². The highest BCUT2D eigenvalue weighted by molar-refractivity contribution is 5.81. The first-order chi connectivity index (χ1) is 12.1. The maximum Gasteiger partial charge on any atom is 0.239 e. The number of piperidine rings is 1. The van der Waals surface area contributed by atoms with E-state index in [4.69, 9.17) is 4.74 Å². The number of rotatable bonds is 5. The summed E-state index contributed by atoms with van der Waals surface area (Å²) in [7, 11) is 0. The second kappa shape index (κ2) is 8.58. The lowest BCUT2D eigenvalue weighted by molar-refractivity contribution is -0.140. The molecular weight excluding hydrogens is 318 g/mol. The largest absolute Gasteiger partial charge is 0.374 e. The third-order valence-corrected chi connectivity index (χ3v) is 5.25. The van der Waals surface area contributed by atoms with E-state index in [1.807, 2.05) is 24.0 Å². The molecule has 0 spiro atoms. The van der Waals surface area contributed by atoms with Crippen LogP contribution in [0.15, 0.2) is 18.3 Å². The Hall–Kier alpha value is -1.73. The molecule has 1 aromatic heterocycles. The number of carbonyl (C=O) groups is 1. The zero-order chi connectivity index (χ0) is 17.6. The molecule has 3 heterocycles. The molecule has 7 heteroatoms. The van der Waals surface area contributed by atoms with Crippen LogP contribution in [0, 0.1) is 5.92 Å². The van der Waals surface area contributed by atoms with Crippen molar-refractivity contribution in [1.29, 1.82) is 0 Å². The molecule has 0 saturated carbocycles. The van der Waals surface area contributed by atoms with Crippen LogP contribution in [0.25, 0.3) is 0 Å². The Labute approximate surface area is 149 Å². The number of aromatic nitrogens is 2. The van der Waals surface area contributed by atoms with Gasteiger partial charge in [-0.15, -0.1) is 5.10 Å². The molecule has 1 N–H and O–H groups in total. The van der Waals surface area contributed by atoms with Crippen molar-refractivity contribution >= 4 is 11.7 Å². The third-order valence-electron chi connectivity index (χ3n) is 5.25. The van der Waals surface area contributed by atoms with Gasteiger partial charge < -0.3 is 15.0 Å². The second-order valence-electron chi connectivity index (χ2n) is 7.16. The topological polar surface area (TPSA) is 70.6 Å². The Morgan fingerprint density at radius 1 is 1.40 bits per heavy atom. The average molecular weight is 347 g/mol. The van der Waals surface area contributed by atoms with Gasteiger partial charge in [0.25, 0.3) is 0 Å². The maximum absolute atomic E-state index is 12.8. The molecule has 1 aromatic rings. The van der Waals surface area contributed by atoms with E-state index < -0.39 is 0 Å². The van der Waals surface area contributed by atoms with Gasteiger partial charge in [0.15, 0.2) is 0 Å². The molecule has 1 amide bonds. The molecule has 3 rings (SSSR count). The molecule has 25 heavy (non-hydrogen) atoms. The summed E-state index contributed by atoms with van der Waals surface area (Å²) in [4.78, 5) is 17.1. The van der Waals surface area contributed by atoms with Crippen LogP contribution >= 0.6 is 0 Å². The average Bonchev–Trinajstić information content (AvgIpc) is 2.67. The van der Waals surface area contributed by atoms with E-state index in [0.717, 1.165) is 50.8 Å². The number of hydrogen-bond donors (Lipinski definition) is 1. The van der Waals surface area contributed by atoms with Crippen molar-refractivity contribution in [2.75, 3.05) is 44.6 Å². The van der Waals surface area contributed by atoms with Crippen LogP contribution in [0.2, 0.25) is 0 Å². The van der Waals surface area contributed by atoms with Gasteiger partial charge in [0.05, 0.1) is 18.8 Å². The van der Waals surface area contributed by atoms with Crippen LogP contribution in [-0.2, 0) is 9.53 Å². The van der Waals surface area contributed by atoms with Gasteiger partial charge in [0.2, 0.25) is 5.91 Å². The van der Waals surface area contributed by atoms with Crippen LogP contribution in [0.3, 0.4) is 0 Å². The molecule has 0 unspecified atom stereocenters. The van der Waals surface area contributed by atoms with Crippen molar-refractivity contribution in [2.24, 2.45) is 5.92 Å². The summed E-state index contributed by atoms with van der Waals surface area (Å²) in [6.45, 7) is 8.96. The lowest BCUT2D eigenvalue weighted by Gasteiger charge is -2.39. The summed E-state index contributed by atoms with van der Waals surface area (Å²) in [6.07, 6.45) is 3.93. The van der Waals surface area contributed by atoms with Gasteiger partial charge in [0, 0.05) is 38.9 Å². The van der Waals surface area contributed by atoms with E-state index >= 15 is 0 Å². The van der Waals surface area contributed by atoms with E-state index in [0.29, 0.717) is 13.2 Å². The molecule has 7 nitrogen and oxygen atoms in total. The molecule has 0 aliphatic carbocycles. The first-order valence-corrected chi connectivity index (χ1v) is 9.29. The molecule has 2 aliphatic rings. The smallest absolute Gasteiger partial charge is 0.239 e. The number of anilines is 1. The van der Waals surface area contributed by atoms with Crippen molar-refractivity contribution in [3.63, 3.8) is 0 Å². The van der Waals surface area contributed by atoms with Crippen LogP contribution in [0.4, 0.5) is 5.82 Å². The molecule has 0 aromatic carbocycles. The fourth-order valence-corrected chi connectivity index (χ4v) is 3.48. The highest BCUT2D eigenvalue weighted by atomic mass is 16.5. The molecule has 0 bridgehead atoms. The molecule has 138 valence electrons. The molecular formula is C18H29N5O2. The van der Waals surface area contributed by atoms with E-state index in [2.05, 4.69) is 27.3 Å². The monoisotopic (exact) mass is 347 g/mol. The first-order valence-electron chi connectivity index (χ1n) is 9.29. The number of ether oxygens (including phenoxy) is 1. The standard InChI is InChI=1S/C18H29N5O2/c1-14-5-8-22(9-6-14)18(24)15(2)23-10-11-25-16(13-23)12-19-17-4-3-7-20-21-17/h3-4,7,14-16H,5-6,8-13H2,1-2H3,(H,19,21)/t15-,16-/m1/s1. The number of nitrogens with one attached hydrogen (secondary N) is 1. The molecule has 2 aliphatic heterocycles. The summed E-state index contributed by atoms with van der Waals surface area (Å²) in [5.41, 5.74) is 0. The zero-order valence-corrected chi connectivity index (χ0v) is 15.2. The van der Waals surface area contributed by atoms with E-state index in [1.54, 1.807) is 6.20 Å². The second-order valence-corrected chi connectivity index (χ2v) is 7.16. The summed E-state index contributed by atoms with van der Waals surface area (Å²) >= 11 is 0. The van der Waals surface area contributed by atoms with Gasteiger partial charge in [-0.2, -0.15) is 5.10 Å². The summed E-state index contributed by atoms with van der Waals surface area (Å²) in [6, 6.07) is 3.65. The van der Waals surface area contributed by atoms with Crippen LogP contribution in [0.5, 0.6) is 0 Å². The van der Waals surface area contributed by atoms with E-state index in [9.17, 15) is 4.79 Å². The first kappa shape index (κ1) is 18.1. The number of amides is 1. The normalized spacial score (nSPS) is 24.1. The van der Waals surface area contributed by atoms with Gasteiger partial charge in [0.1, 0.15) is 5.82 Å². The summed E-state index contributed by atoms with van der Waals surface area (Å²) < 4.78 is 5.84. The Morgan fingerprint density at radius 3 is 2.92 bits per heavy atom. The van der Waals surface area contributed by atoms with Crippen molar-refractivity contribution in [1.82, 2.24) is 20.0 Å². The Morgan fingerprint density at radius 2 is 2.20 bits per heavy atom. The minimum absolute atomic E-state index is 0.0485. The highest BCUT2D eigenvalue weighted by Crippen LogP contribution is 2.19. The lowest BCUT2D eigenvalue weighted by Crippen LogP contribution is -2.55. The van der Waals surface area contributed by atoms with Crippen molar-refractivity contribution in [3.05, 3.63) is 18.3 Å². The van der Waals surface area contributed by atoms with Crippen molar-refractivity contribution in [3.8, 4) is 0 Å². The van der Waals surface area contributed by atoms with Crippen LogP contribution in [-0.4, -0.2) is 77.4 Å². The minimum atomic E-state index is -0.0867. The summed E-state index contributed by atoms with van der Waals surface area (Å²) in [5.74, 6) is 1.74. The minimum Gasteiger partial charge on any atom is -0.374 e. The predicted molar refractivity (Wildman–Crippen MR) is 96.3 cm³/mol. The Kier molecular flexibility index (Phi) is 6.20. The predicted octanol–water partition coefficient (Wildman–Crippen LogP) is 1.24. The fourth-order valence-electron chi connectivity index (χ4n) is 3.48. The SMILES string of the molecule is CC1CCN(C(=O)[C@@H](C)N2CCO[C@H](CNc3cccnn3)C2)CC1. The Balaban J connectivity index is 1.49. The maximum atomic E-state index is 12.8. The van der Waals surface area contributed by atoms with Crippen molar-refractivity contribution < 1.29 is 9.53 Å². The molecule has 2 atom stereocenters. The van der Waals surface area contributed by atoms with Gasteiger partial charge in [-0.3, -0.25) is 9.69 Å². The third kappa shape index (κ3) is 4.89. The van der Waals surface area contributed by atoms with Crippen molar-refractivity contribution in [2.45, 2.75) is 38.8 Å². The van der Waals surface area contributed by atoms with Gasteiger partial charge in [-0.05, 0) is 37.8 Å². The lowest BCUT2D eigenvalue weighted by atomic mass is 9.98. The number of likely N-dealkylation sites (tertiary alicyclic amines) is 1. The summed E-state index contributed by atoms with van der Waals surface area (Å²) in [5, 5.41) is 11.1. The molecule has 2 saturated heterocycles. The van der Waals surface area contributed by atoms with E-state index in [-0.39, 0.29) is 18.1 Å². The number of hydrogen-bond acceptors (Lipinski definition) is 6. The Bertz CT molecular complexity index is 548. The zero-order valence-electron chi connectivity index (χ0n) is 15.2. The van der Waals surface area contributed by atoms with Gasteiger partial charge in [-0.25, -0.2) is 0 Å². The van der Waals surface area contributed by atoms with Crippen LogP contribution in [0.1, 0.15) is 26.7 Å². The number of carbonyl (C=O) groups excluding carboxylic acids is 1. The number of morpholine rings is 1.